The summed E-state index contributed by atoms with van der Waals surface area (Å²) in [4.78, 5) is 4.83. The third-order valence-electron chi connectivity index (χ3n) is 4.52. The van der Waals surface area contributed by atoms with E-state index in [1.807, 2.05) is 6.21 Å². The molecule has 3 atom stereocenters. The topological polar surface area (TPSA) is 21.6 Å². The normalized spacial score (nSPS) is 24.5. The molecule has 0 aromatic heterocycles. The Morgan fingerprint density at radius 3 is 2.59 bits per heavy atom. The van der Waals surface area contributed by atoms with E-state index in [1.54, 1.807) is 7.11 Å². The molecule has 0 spiro atoms. The zero-order chi connectivity index (χ0) is 16.5. The molecule has 3 unspecified atom stereocenters. The van der Waals surface area contributed by atoms with E-state index in [4.69, 9.17) is 26.8 Å². The van der Waals surface area contributed by atoms with Crippen LogP contribution in [0.3, 0.4) is 0 Å². The van der Waals surface area contributed by atoms with E-state index < -0.39 is 20.8 Å². The van der Waals surface area contributed by atoms with Crippen LogP contribution in [0.5, 0.6) is 5.75 Å². The number of ether oxygens (including phenoxy) is 1. The number of aliphatic imine (C=N–C) groups is 1. The molecule has 0 radical (unpaired) electrons. The average Bonchev–Trinajstić information content (AvgIpc) is 2.49. The van der Waals surface area contributed by atoms with Crippen LogP contribution in [0.4, 0.5) is 0 Å². The second-order valence-corrected chi connectivity index (χ2v) is 9.61. The number of methoxy groups -OCH3 is 1. The Bertz CT molecular complexity index is 482. The molecule has 1 aliphatic carbocycles. The van der Waals surface area contributed by atoms with Crippen LogP contribution in [0.15, 0.2) is 23.2 Å². The van der Waals surface area contributed by atoms with Crippen molar-refractivity contribution in [3.63, 3.8) is 0 Å². The van der Waals surface area contributed by atoms with E-state index in [0.29, 0.717) is 12.0 Å². The van der Waals surface area contributed by atoms with Gasteiger partial charge in [0.15, 0.2) is 0 Å². The number of halogens is 2. The van der Waals surface area contributed by atoms with Gasteiger partial charge < -0.3 is 4.74 Å². The summed E-state index contributed by atoms with van der Waals surface area (Å²) in [5.74, 6) is 2.42. The molecule has 0 N–H and O–H groups in total. The Hall–Kier alpha value is 0.153. The van der Waals surface area contributed by atoms with Crippen LogP contribution in [0.2, 0.25) is 0 Å². The van der Waals surface area contributed by atoms with Crippen molar-refractivity contribution >= 4 is 23.2 Å². The molecule has 0 saturated heterocycles. The molecule has 22 heavy (non-hydrogen) atoms. The van der Waals surface area contributed by atoms with E-state index in [2.05, 4.69) is 39.0 Å². The summed E-state index contributed by atoms with van der Waals surface area (Å²) >= 11 is -0.826. The Morgan fingerprint density at radius 1 is 1.27 bits per heavy atom. The molecule has 0 amide bonds. The molecule has 5 heteroatoms. The summed E-state index contributed by atoms with van der Waals surface area (Å²) in [7, 11) is 11.6. The fourth-order valence-corrected chi connectivity index (χ4v) is 3.00. The second kappa shape index (κ2) is 10.8. The average molecular weight is 422 g/mol. The van der Waals surface area contributed by atoms with E-state index >= 15 is 0 Å². The SMILES string of the molecule is COc1c(C)cccc1C=NC1CCCC(C)C1C.[Cl][Zr][Cl]. The molecule has 1 aromatic carbocycles. The summed E-state index contributed by atoms with van der Waals surface area (Å²) in [6.07, 6.45) is 5.88. The van der Waals surface area contributed by atoms with Gasteiger partial charge in [-0.05, 0) is 36.8 Å². The minimum absolute atomic E-state index is 0.467. The molecule has 1 aliphatic rings. The molecule has 122 valence electrons. The monoisotopic (exact) mass is 419 g/mol. The first-order chi connectivity index (χ1) is 10.5. The van der Waals surface area contributed by atoms with Crippen LogP contribution in [0, 0.1) is 18.8 Å². The third kappa shape index (κ3) is 5.98. The van der Waals surface area contributed by atoms with Crippen molar-refractivity contribution in [2.75, 3.05) is 7.11 Å². The Kier molecular flexibility index (Phi) is 9.95. The van der Waals surface area contributed by atoms with Gasteiger partial charge >= 0.3 is 37.9 Å². The summed E-state index contributed by atoms with van der Waals surface area (Å²) in [6.45, 7) is 6.75. The third-order valence-corrected chi connectivity index (χ3v) is 4.52. The number of rotatable bonds is 3. The van der Waals surface area contributed by atoms with Gasteiger partial charge in [0, 0.05) is 11.8 Å². The van der Waals surface area contributed by atoms with E-state index in [-0.39, 0.29) is 0 Å². The molecular weight excluding hydrogens is 396 g/mol. The molecule has 2 rings (SSSR count). The van der Waals surface area contributed by atoms with E-state index in [0.717, 1.165) is 22.8 Å². The second-order valence-electron chi connectivity index (χ2n) is 5.88. The van der Waals surface area contributed by atoms with Gasteiger partial charge in [-0.25, -0.2) is 0 Å². The van der Waals surface area contributed by atoms with Gasteiger partial charge in [-0.3, -0.25) is 4.99 Å². The van der Waals surface area contributed by atoms with E-state index in [1.165, 1.54) is 19.3 Å². The summed E-state index contributed by atoms with van der Waals surface area (Å²) in [6, 6.07) is 6.67. The van der Waals surface area contributed by atoms with Gasteiger partial charge in [-0.2, -0.15) is 0 Å². The number of hydrogen-bond acceptors (Lipinski definition) is 2. The molecule has 0 bridgehead atoms. The quantitative estimate of drug-likeness (QED) is 0.580. The summed E-state index contributed by atoms with van der Waals surface area (Å²) in [5.41, 5.74) is 2.25. The van der Waals surface area contributed by atoms with Crippen LogP contribution < -0.4 is 4.74 Å². The maximum atomic E-state index is 5.47. The molecule has 0 heterocycles. The fraction of sp³-hybridized carbons (Fsp3) is 0.588. The summed E-state index contributed by atoms with van der Waals surface area (Å²) in [5, 5.41) is 0. The van der Waals surface area contributed by atoms with Gasteiger partial charge in [0.2, 0.25) is 0 Å². The Balaban J connectivity index is 0.000000745. The Morgan fingerprint density at radius 2 is 1.95 bits per heavy atom. The molecule has 0 aliphatic heterocycles. The zero-order valence-corrected chi connectivity index (χ0v) is 17.7. The van der Waals surface area contributed by atoms with Crippen LogP contribution in [-0.4, -0.2) is 19.4 Å². The maximum absolute atomic E-state index is 5.47. The minimum atomic E-state index is -0.826. The van der Waals surface area contributed by atoms with Crippen LogP contribution >= 0.6 is 17.0 Å². The first-order valence-corrected chi connectivity index (χ1v) is 14.0. The van der Waals surface area contributed by atoms with Crippen molar-refractivity contribution in [1.82, 2.24) is 0 Å². The number of aryl methyl sites for hydroxylation is 1. The van der Waals surface area contributed by atoms with Gasteiger partial charge in [-0.1, -0.05) is 38.8 Å². The van der Waals surface area contributed by atoms with Crippen molar-refractivity contribution in [3.8, 4) is 5.75 Å². The number of nitrogens with zero attached hydrogens (tertiary/aromatic N) is 1. The number of para-hydroxylation sites is 1. The van der Waals surface area contributed by atoms with E-state index in [9.17, 15) is 0 Å². The van der Waals surface area contributed by atoms with Crippen LogP contribution in [0.1, 0.15) is 44.2 Å². The first kappa shape index (κ1) is 20.2. The molecule has 1 fully saturated rings. The van der Waals surface area contributed by atoms with Gasteiger partial charge in [-0.15, -0.1) is 0 Å². The molecule has 1 aromatic rings. The van der Waals surface area contributed by atoms with Gasteiger partial charge in [0.1, 0.15) is 5.75 Å². The predicted octanol–water partition coefficient (Wildman–Crippen LogP) is 5.62. The van der Waals surface area contributed by atoms with Crippen molar-refractivity contribution in [1.29, 1.82) is 0 Å². The standard InChI is InChI=1S/C17H25NO.2ClH.Zr/c1-12-7-6-10-16(14(12)3)18-11-15-9-5-8-13(2)17(15)19-4;;;/h5,8-9,11-12,14,16H,6-7,10H2,1-4H3;2*1H;/q;;;+2/p-2. The summed E-state index contributed by atoms with van der Waals surface area (Å²) < 4.78 is 5.47. The number of benzene rings is 1. The fourth-order valence-electron chi connectivity index (χ4n) is 3.00. The van der Waals surface area contributed by atoms with Gasteiger partial charge in [0.25, 0.3) is 0 Å². The molecule has 2 nitrogen and oxygen atoms in total. The molecular formula is C17H25Cl2NOZr. The zero-order valence-electron chi connectivity index (χ0n) is 13.8. The van der Waals surface area contributed by atoms with Crippen LogP contribution in [0.25, 0.3) is 0 Å². The van der Waals surface area contributed by atoms with Gasteiger partial charge in [0.05, 0.1) is 13.2 Å². The van der Waals surface area contributed by atoms with Crippen molar-refractivity contribution in [3.05, 3.63) is 29.3 Å². The van der Waals surface area contributed by atoms with Crippen molar-refractivity contribution in [2.24, 2.45) is 16.8 Å². The first-order valence-electron chi connectivity index (χ1n) is 7.68. The van der Waals surface area contributed by atoms with Crippen molar-refractivity contribution < 1.29 is 25.6 Å². The molecule has 1 saturated carbocycles. The Labute approximate surface area is 153 Å². The number of hydrogen-bond donors (Lipinski definition) is 0. The predicted molar refractivity (Wildman–Crippen MR) is 93.0 cm³/mol. The van der Waals surface area contributed by atoms with Crippen LogP contribution in [-0.2, 0) is 20.8 Å². The van der Waals surface area contributed by atoms with Crippen molar-refractivity contribution in [2.45, 2.75) is 46.1 Å².